The van der Waals surface area contributed by atoms with E-state index in [2.05, 4.69) is 29.6 Å². The molecule has 7 nitrogen and oxygen atoms in total. The molecule has 2 aromatic rings. The van der Waals surface area contributed by atoms with Gasteiger partial charge in [-0.15, -0.1) is 0 Å². The normalized spacial score (nSPS) is 13.2. The number of hydrogen-bond acceptors (Lipinski definition) is 5. The molecule has 0 aliphatic heterocycles. The van der Waals surface area contributed by atoms with Gasteiger partial charge in [0.05, 0.1) is 6.61 Å². The molecule has 30 heavy (non-hydrogen) atoms. The third-order valence-electron chi connectivity index (χ3n) is 5.00. The first kappa shape index (κ1) is 21.5. The number of ether oxygens (including phenoxy) is 2. The molecular formula is C23H25NO6. The maximum Gasteiger partial charge on any atom is 0.328 e. The predicted molar refractivity (Wildman–Crippen MR) is 110 cm³/mol. The second kappa shape index (κ2) is 10.0. The van der Waals surface area contributed by atoms with Gasteiger partial charge in [0.25, 0.3) is 0 Å². The number of carbonyl (C=O) groups excluding carboxylic acids is 2. The van der Waals surface area contributed by atoms with Crippen molar-refractivity contribution >= 4 is 17.8 Å². The molecule has 2 aromatic carbocycles. The summed E-state index contributed by atoms with van der Waals surface area (Å²) in [6.07, 6.45) is 0.580. The van der Waals surface area contributed by atoms with Crippen LogP contribution in [-0.4, -0.2) is 48.8 Å². The summed E-state index contributed by atoms with van der Waals surface area (Å²) >= 11 is 0. The van der Waals surface area contributed by atoms with E-state index in [0.29, 0.717) is 6.42 Å². The van der Waals surface area contributed by atoms with Crippen molar-refractivity contribution in [2.24, 2.45) is 0 Å². The highest BCUT2D eigenvalue weighted by Crippen LogP contribution is 2.44. The standard InChI is InChI=1S/C23H25NO6/c1-15(25)24-21(23(27)28)14-29-12-6-11-22(26)30-13-20-18-9-4-2-7-16(18)17-8-3-5-10-19(17)20/h2-5,7-10,20-21H,6,11-14H2,1H3,(H,24,25)(H,27,28)/t21-/m0/s1. The highest BCUT2D eigenvalue weighted by Gasteiger charge is 2.28. The van der Waals surface area contributed by atoms with Crippen LogP contribution >= 0.6 is 0 Å². The second-order valence-corrected chi connectivity index (χ2v) is 7.18. The zero-order valence-electron chi connectivity index (χ0n) is 16.8. The minimum Gasteiger partial charge on any atom is -0.480 e. The molecule has 3 rings (SSSR count). The molecule has 0 bridgehead atoms. The predicted octanol–water partition coefficient (Wildman–Crippen LogP) is 2.73. The number of carboxylic acid groups (broad SMARTS) is 1. The van der Waals surface area contributed by atoms with Crippen LogP contribution in [0.2, 0.25) is 0 Å². The van der Waals surface area contributed by atoms with E-state index >= 15 is 0 Å². The first-order valence-corrected chi connectivity index (χ1v) is 9.89. The van der Waals surface area contributed by atoms with E-state index in [-0.39, 0.29) is 38.1 Å². The van der Waals surface area contributed by atoms with E-state index in [0.717, 1.165) is 11.1 Å². The van der Waals surface area contributed by atoms with Crippen LogP contribution in [0, 0.1) is 0 Å². The van der Waals surface area contributed by atoms with Crippen LogP contribution in [0.15, 0.2) is 48.5 Å². The molecule has 0 spiro atoms. The zero-order valence-corrected chi connectivity index (χ0v) is 16.8. The lowest BCUT2D eigenvalue weighted by Crippen LogP contribution is -2.43. The number of esters is 1. The summed E-state index contributed by atoms with van der Waals surface area (Å²) in [5.74, 6) is -1.91. The van der Waals surface area contributed by atoms with E-state index in [4.69, 9.17) is 14.6 Å². The Labute approximate surface area is 175 Å². The Morgan fingerprint density at radius 3 is 2.20 bits per heavy atom. The van der Waals surface area contributed by atoms with Crippen molar-refractivity contribution in [1.29, 1.82) is 0 Å². The highest BCUT2D eigenvalue weighted by atomic mass is 16.5. The second-order valence-electron chi connectivity index (χ2n) is 7.18. The lowest BCUT2D eigenvalue weighted by Gasteiger charge is -2.15. The van der Waals surface area contributed by atoms with Gasteiger partial charge >= 0.3 is 11.9 Å². The van der Waals surface area contributed by atoms with E-state index < -0.39 is 17.9 Å². The molecule has 0 radical (unpaired) electrons. The summed E-state index contributed by atoms with van der Waals surface area (Å²) in [7, 11) is 0. The summed E-state index contributed by atoms with van der Waals surface area (Å²) in [6.45, 7) is 1.57. The Morgan fingerprint density at radius 1 is 1.03 bits per heavy atom. The van der Waals surface area contributed by atoms with Crippen LogP contribution in [0.3, 0.4) is 0 Å². The molecule has 1 aliphatic rings. The van der Waals surface area contributed by atoms with E-state index in [1.165, 1.54) is 18.1 Å². The summed E-state index contributed by atoms with van der Waals surface area (Å²) in [6, 6.07) is 15.2. The van der Waals surface area contributed by atoms with Crippen molar-refractivity contribution in [2.45, 2.75) is 31.7 Å². The average Bonchev–Trinajstić information content (AvgIpc) is 3.04. The van der Waals surface area contributed by atoms with Crippen molar-refractivity contribution in [3.8, 4) is 11.1 Å². The number of nitrogens with one attached hydrogen (secondary N) is 1. The van der Waals surface area contributed by atoms with E-state index in [9.17, 15) is 14.4 Å². The monoisotopic (exact) mass is 411 g/mol. The van der Waals surface area contributed by atoms with Gasteiger partial charge in [-0.2, -0.15) is 0 Å². The molecule has 7 heteroatoms. The van der Waals surface area contributed by atoms with Crippen LogP contribution < -0.4 is 5.32 Å². The van der Waals surface area contributed by atoms with Gasteiger partial charge in [-0.3, -0.25) is 9.59 Å². The van der Waals surface area contributed by atoms with Gasteiger partial charge in [-0.25, -0.2) is 4.79 Å². The molecule has 2 N–H and O–H groups in total. The third kappa shape index (κ3) is 5.24. The fourth-order valence-electron chi connectivity index (χ4n) is 3.63. The Bertz CT molecular complexity index is 880. The van der Waals surface area contributed by atoms with Gasteiger partial charge in [0, 0.05) is 25.9 Å². The summed E-state index contributed by atoms with van der Waals surface area (Å²) in [5, 5.41) is 11.3. The van der Waals surface area contributed by atoms with E-state index in [1.54, 1.807) is 0 Å². The van der Waals surface area contributed by atoms with E-state index in [1.807, 2.05) is 24.3 Å². The topological polar surface area (TPSA) is 102 Å². The number of benzene rings is 2. The molecule has 0 saturated carbocycles. The molecule has 0 fully saturated rings. The van der Waals surface area contributed by atoms with Crippen molar-refractivity contribution in [3.05, 3.63) is 59.7 Å². The summed E-state index contributed by atoms with van der Waals surface area (Å²) < 4.78 is 10.8. The third-order valence-corrected chi connectivity index (χ3v) is 5.00. The van der Waals surface area contributed by atoms with Crippen molar-refractivity contribution in [1.82, 2.24) is 5.32 Å². The number of hydrogen-bond donors (Lipinski definition) is 2. The largest absolute Gasteiger partial charge is 0.480 e. The number of rotatable bonds is 10. The van der Waals surface area contributed by atoms with Crippen LogP contribution in [-0.2, 0) is 23.9 Å². The molecule has 0 saturated heterocycles. The van der Waals surface area contributed by atoms with Crippen LogP contribution in [0.5, 0.6) is 0 Å². The molecule has 0 unspecified atom stereocenters. The highest BCUT2D eigenvalue weighted by molar-refractivity contribution is 5.82. The van der Waals surface area contributed by atoms with Crippen molar-refractivity contribution in [2.75, 3.05) is 19.8 Å². The van der Waals surface area contributed by atoms with Crippen LogP contribution in [0.25, 0.3) is 11.1 Å². The fourth-order valence-corrected chi connectivity index (χ4v) is 3.63. The lowest BCUT2D eigenvalue weighted by atomic mass is 9.98. The minimum absolute atomic E-state index is 0.0200. The molecule has 0 heterocycles. The van der Waals surface area contributed by atoms with Gasteiger partial charge in [0.15, 0.2) is 6.04 Å². The molecule has 158 valence electrons. The fraction of sp³-hybridized carbons (Fsp3) is 0.348. The Kier molecular flexibility index (Phi) is 7.19. The maximum atomic E-state index is 12.1. The molecule has 1 atom stereocenters. The number of aliphatic carboxylic acids is 1. The maximum absolute atomic E-state index is 12.1. The summed E-state index contributed by atoms with van der Waals surface area (Å²) in [4.78, 5) is 34.2. The molecule has 1 amide bonds. The first-order chi connectivity index (χ1) is 14.5. The first-order valence-electron chi connectivity index (χ1n) is 9.89. The van der Waals surface area contributed by atoms with Gasteiger partial charge in [0.1, 0.15) is 6.61 Å². The Morgan fingerprint density at radius 2 is 1.63 bits per heavy atom. The molecular weight excluding hydrogens is 386 g/mol. The smallest absolute Gasteiger partial charge is 0.328 e. The molecule has 0 aromatic heterocycles. The SMILES string of the molecule is CC(=O)N[C@@H](COCCCC(=O)OCC1c2ccccc2-c2ccccc21)C(=O)O. The number of carbonyl (C=O) groups is 3. The summed E-state index contributed by atoms with van der Waals surface area (Å²) in [5.41, 5.74) is 4.67. The quantitative estimate of drug-likeness (QED) is 0.460. The lowest BCUT2D eigenvalue weighted by molar-refractivity contribution is -0.145. The van der Waals surface area contributed by atoms with Crippen LogP contribution in [0.4, 0.5) is 0 Å². The number of amides is 1. The Balaban J connectivity index is 1.43. The van der Waals surface area contributed by atoms with Crippen molar-refractivity contribution in [3.63, 3.8) is 0 Å². The Hall–Kier alpha value is -3.19. The number of fused-ring (bicyclic) bond motifs is 3. The van der Waals surface area contributed by atoms with Gasteiger partial charge < -0.3 is 19.9 Å². The van der Waals surface area contributed by atoms with Gasteiger partial charge in [-0.1, -0.05) is 48.5 Å². The minimum atomic E-state index is -1.17. The average molecular weight is 411 g/mol. The van der Waals surface area contributed by atoms with Gasteiger partial charge in [-0.05, 0) is 28.7 Å². The van der Waals surface area contributed by atoms with Crippen LogP contribution in [0.1, 0.15) is 36.8 Å². The van der Waals surface area contributed by atoms with Gasteiger partial charge in [0.2, 0.25) is 5.91 Å². The van der Waals surface area contributed by atoms with Crippen molar-refractivity contribution < 1.29 is 29.0 Å². The molecule has 1 aliphatic carbocycles. The zero-order chi connectivity index (χ0) is 21.5. The number of carboxylic acids is 1.